The molecule has 0 radical (unpaired) electrons. The van der Waals surface area contributed by atoms with Gasteiger partial charge < -0.3 is 5.73 Å². The lowest BCUT2D eigenvalue weighted by Crippen LogP contribution is -2.12. The Morgan fingerprint density at radius 3 is 2.86 bits per heavy atom. The van der Waals surface area contributed by atoms with E-state index in [9.17, 15) is 4.39 Å². The van der Waals surface area contributed by atoms with Crippen molar-refractivity contribution in [1.29, 1.82) is 0 Å². The molecule has 0 aliphatic heterocycles. The maximum Gasteiger partial charge on any atom is 0.130 e. The standard InChI is InChI=1S/C15H15ClFN3S/c1-8-11(15(16)20(2)19-8)7-12(18)14-6-9-5-10(17)3-4-13(9)21-14/h3-6,12H,7,18H2,1-2H3. The first-order valence-corrected chi connectivity index (χ1v) is 7.77. The van der Waals surface area contributed by atoms with Crippen molar-refractivity contribution in [3.05, 3.63) is 51.4 Å². The van der Waals surface area contributed by atoms with E-state index in [0.717, 1.165) is 26.2 Å². The highest BCUT2D eigenvalue weighted by molar-refractivity contribution is 7.19. The van der Waals surface area contributed by atoms with Crippen LogP contribution >= 0.6 is 22.9 Å². The van der Waals surface area contributed by atoms with Crippen LogP contribution in [0.3, 0.4) is 0 Å². The fourth-order valence-electron chi connectivity index (χ4n) is 2.44. The maximum atomic E-state index is 13.2. The molecule has 0 fully saturated rings. The third-order valence-electron chi connectivity index (χ3n) is 3.56. The highest BCUT2D eigenvalue weighted by Gasteiger charge is 2.17. The Morgan fingerprint density at radius 2 is 2.19 bits per heavy atom. The molecule has 2 aromatic heterocycles. The molecular weight excluding hydrogens is 309 g/mol. The van der Waals surface area contributed by atoms with Crippen LogP contribution in [0, 0.1) is 12.7 Å². The summed E-state index contributed by atoms with van der Waals surface area (Å²) < 4.78 is 15.9. The first-order valence-electron chi connectivity index (χ1n) is 6.58. The lowest BCUT2D eigenvalue weighted by molar-refractivity contribution is 0.630. The number of aryl methyl sites for hydroxylation is 2. The van der Waals surface area contributed by atoms with Crippen LogP contribution in [0.5, 0.6) is 0 Å². The monoisotopic (exact) mass is 323 g/mol. The van der Waals surface area contributed by atoms with Crippen LogP contribution in [0.15, 0.2) is 24.3 Å². The Morgan fingerprint density at radius 1 is 1.43 bits per heavy atom. The summed E-state index contributed by atoms with van der Waals surface area (Å²) in [6, 6.07) is 6.56. The molecule has 110 valence electrons. The second kappa shape index (κ2) is 5.40. The smallest absolute Gasteiger partial charge is 0.130 e. The van der Waals surface area contributed by atoms with Crippen molar-refractivity contribution in [2.24, 2.45) is 12.8 Å². The minimum absolute atomic E-state index is 0.175. The first kappa shape index (κ1) is 14.5. The Kier molecular flexibility index (Phi) is 3.73. The lowest BCUT2D eigenvalue weighted by Gasteiger charge is -2.09. The van der Waals surface area contributed by atoms with E-state index < -0.39 is 0 Å². The van der Waals surface area contributed by atoms with Gasteiger partial charge in [0.15, 0.2) is 0 Å². The molecule has 2 N–H and O–H groups in total. The molecule has 3 rings (SSSR count). The molecule has 0 bridgehead atoms. The van der Waals surface area contributed by atoms with Crippen molar-refractivity contribution in [1.82, 2.24) is 9.78 Å². The van der Waals surface area contributed by atoms with Gasteiger partial charge in [-0.1, -0.05) is 11.6 Å². The Bertz CT molecular complexity index is 809. The van der Waals surface area contributed by atoms with Gasteiger partial charge in [0.1, 0.15) is 11.0 Å². The molecule has 0 amide bonds. The van der Waals surface area contributed by atoms with E-state index in [2.05, 4.69) is 5.10 Å². The van der Waals surface area contributed by atoms with Gasteiger partial charge in [-0.25, -0.2) is 4.39 Å². The van der Waals surface area contributed by atoms with Crippen LogP contribution in [-0.4, -0.2) is 9.78 Å². The first-order chi connectivity index (χ1) is 9.95. The average molecular weight is 324 g/mol. The summed E-state index contributed by atoms with van der Waals surface area (Å²) in [6.45, 7) is 1.92. The number of benzene rings is 1. The molecule has 1 aromatic carbocycles. The van der Waals surface area contributed by atoms with E-state index in [1.807, 2.05) is 20.0 Å². The predicted molar refractivity (Wildman–Crippen MR) is 85.4 cm³/mol. The van der Waals surface area contributed by atoms with Crippen LogP contribution in [0.25, 0.3) is 10.1 Å². The number of hydrogen-bond acceptors (Lipinski definition) is 3. The third kappa shape index (κ3) is 2.69. The molecule has 6 heteroatoms. The minimum atomic E-state index is -0.230. The molecular formula is C15H15ClFN3S. The fraction of sp³-hybridized carbons (Fsp3) is 0.267. The highest BCUT2D eigenvalue weighted by atomic mass is 35.5. The summed E-state index contributed by atoms with van der Waals surface area (Å²) in [5.74, 6) is -0.230. The van der Waals surface area contributed by atoms with Crippen molar-refractivity contribution in [3.8, 4) is 0 Å². The SMILES string of the molecule is Cc1nn(C)c(Cl)c1CC(N)c1cc2cc(F)ccc2s1. The van der Waals surface area contributed by atoms with Gasteiger partial charge in [-0.2, -0.15) is 5.10 Å². The summed E-state index contributed by atoms with van der Waals surface area (Å²) >= 11 is 7.83. The van der Waals surface area contributed by atoms with Gasteiger partial charge in [-0.15, -0.1) is 11.3 Å². The van der Waals surface area contributed by atoms with Gasteiger partial charge in [0.05, 0.1) is 5.69 Å². The van der Waals surface area contributed by atoms with E-state index in [0.29, 0.717) is 11.6 Å². The zero-order valence-corrected chi connectivity index (χ0v) is 13.3. The summed E-state index contributed by atoms with van der Waals surface area (Å²) in [7, 11) is 1.81. The number of nitrogens with zero attached hydrogens (tertiary/aromatic N) is 2. The molecule has 0 saturated heterocycles. The lowest BCUT2D eigenvalue weighted by atomic mass is 10.1. The number of rotatable bonds is 3. The summed E-state index contributed by atoms with van der Waals surface area (Å²) in [6.07, 6.45) is 0.619. The zero-order chi connectivity index (χ0) is 15.1. The van der Waals surface area contributed by atoms with Gasteiger partial charge in [-0.3, -0.25) is 4.68 Å². The van der Waals surface area contributed by atoms with Crippen LogP contribution in [0.2, 0.25) is 5.15 Å². The predicted octanol–water partition coefficient (Wildman–Crippen LogP) is 3.98. The second-order valence-corrected chi connectivity index (χ2v) is 6.59. The molecule has 0 spiro atoms. The van der Waals surface area contributed by atoms with E-state index in [4.69, 9.17) is 17.3 Å². The van der Waals surface area contributed by atoms with Gasteiger partial charge in [-0.05, 0) is 43.0 Å². The van der Waals surface area contributed by atoms with Gasteiger partial charge in [0, 0.05) is 28.2 Å². The van der Waals surface area contributed by atoms with Crippen molar-refractivity contribution < 1.29 is 4.39 Å². The van der Waals surface area contributed by atoms with Crippen LogP contribution < -0.4 is 5.73 Å². The van der Waals surface area contributed by atoms with E-state index in [1.54, 1.807) is 22.1 Å². The molecule has 0 aliphatic rings. The Labute approximate surface area is 131 Å². The molecule has 0 saturated carbocycles. The van der Waals surface area contributed by atoms with Crippen LogP contribution in [0.1, 0.15) is 22.2 Å². The summed E-state index contributed by atoms with van der Waals surface area (Å²) in [5, 5.41) is 5.80. The van der Waals surface area contributed by atoms with Gasteiger partial charge in [0.2, 0.25) is 0 Å². The number of hydrogen-bond donors (Lipinski definition) is 1. The topological polar surface area (TPSA) is 43.8 Å². The molecule has 0 aliphatic carbocycles. The van der Waals surface area contributed by atoms with Gasteiger partial charge >= 0.3 is 0 Å². The fourth-order valence-corrected chi connectivity index (χ4v) is 3.74. The molecule has 2 heterocycles. The largest absolute Gasteiger partial charge is 0.323 e. The number of aromatic nitrogens is 2. The van der Waals surface area contributed by atoms with E-state index in [1.165, 1.54) is 12.1 Å². The normalized spacial score (nSPS) is 13.0. The van der Waals surface area contributed by atoms with Crippen LogP contribution in [0.4, 0.5) is 4.39 Å². The Balaban J connectivity index is 1.91. The molecule has 3 nitrogen and oxygen atoms in total. The number of halogens is 2. The third-order valence-corrected chi connectivity index (χ3v) is 5.28. The average Bonchev–Trinajstić information content (AvgIpc) is 2.95. The molecule has 21 heavy (non-hydrogen) atoms. The molecule has 1 unspecified atom stereocenters. The number of thiophene rings is 1. The van der Waals surface area contributed by atoms with Crippen molar-refractivity contribution in [2.45, 2.75) is 19.4 Å². The number of nitrogens with two attached hydrogens (primary N) is 1. The zero-order valence-electron chi connectivity index (χ0n) is 11.7. The van der Waals surface area contributed by atoms with E-state index >= 15 is 0 Å². The summed E-state index contributed by atoms with van der Waals surface area (Å²) in [4.78, 5) is 1.02. The van der Waals surface area contributed by atoms with Crippen LogP contribution in [-0.2, 0) is 13.5 Å². The second-order valence-electron chi connectivity index (χ2n) is 5.12. The van der Waals surface area contributed by atoms with Crippen molar-refractivity contribution in [3.63, 3.8) is 0 Å². The quantitative estimate of drug-likeness (QED) is 0.792. The Hall–Kier alpha value is -1.43. The number of fused-ring (bicyclic) bond motifs is 1. The van der Waals surface area contributed by atoms with Gasteiger partial charge in [0.25, 0.3) is 0 Å². The maximum absolute atomic E-state index is 13.2. The van der Waals surface area contributed by atoms with Crippen molar-refractivity contribution >= 4 is 33.0 Å². The molecule has 1 atom stereocenters. The van der Waals surface area contributed by atoms with Crippen molar-refractivity contribution in [2.75, 3.05) is 0 Å². The minimum Gasteiger partial charge on any atom is -0.323 e. The van der Waals surface area contributed by atoms with E-state index in [-0.39, 0.29) is 11.9 Å². The molecule has 3 aromatic rings. The highest BCUT2D eigenvalue weighted by Crippen LogP contribution is 2.32. The summed E-state index contributed by atoms with van der Waals surface area (Å²) in [5.41, 5.74) is 8.16.